The summed E-state index contributed by atoms with van der Waals surface area (Å²) in [6, 6.07) is -1.09. The van der Waals surface area contributed by atoms with Crippen LogP contribution in [0.15, 0.2) is 0 Å². The van der Waals surface area contributed by atoms with Crippen LogP contribution in [-0.4, -0.2) is 52.6 Å². The summed E-state index contributed by atoms with van der Waals surface area (Å²) >= 11 is 0. The third kappa shape index (κ3) is 4.30. The standard InChI is InChI=1S/C15H23N5O3/c1-9-11(10(2)19-18-9)5-4-8-20(3)13(21)7-6-12-14(22)17-15(23)16-12/h12H,4-8H2,1-3H3,(H,18,19)(H2,16,17,22,23)/t12-/m0/s1. The lowest BCUT2D eigenvalue weighted by molar-refractivity contribution is -0.130. The van der Waals surface area contributed by atoms with E-state index in [2.05, 4.69) is 20.8 Å². The summed E-state index contributed by atoms with van der Waals surface area (Å²) in [7, 11) is 1.75. The van der Waals surface area contributed by atoms with Crippen molar-refractivity contribution < 1.29 is 14.4 Å². The summed E-state index contributed by atoms with van der Waals surface area (Å²) in [5, 5.41) is 11.8. The van der Waals surface area contributed by atoms with Crippen molar-refractivity contribution in [3.63, 3.8) is 0 Å². The van der Waals surface area contributed by atoms with Crippen molar-refractivity contribution >= 4 is 17.8 Å². The van der Waals surface area contributed by atoms with E-state index in [9.17, 15) is 14.4 Å². The highest BCUT2D eigenvalue weighted by atomic mass is 16.2. The predicted octanol–water partition coefficient (Wildman–Crippen LogP) is 0.406. The van der Waals surface area contributed by atoms with E-state index in [1.54, 1.807) is 11.9 Å². The highest BCUT2D eigenvalue weighted by molar-refractivity contribution is 6.04. The first-order chi connectivity index (χ1) is 10.9. The van der Waals surface area contributed by atoms with Crippen LogP contribution in [0, 0.1) is 13.8 Å². The topological polar surface area (TPSA) is 107 Å². The second-order valence-corrected chi connectivity index (χ2v) is 5.89. The van der Waals surface area contributed by atoms with Gasteiger partial charge in [-0.2, -0.15) is 5.10 Å². The molecule has 1 aromatic rings. The minimum atomic E-state index is -0.601. The second-order valence-electron chi connectivity index (χ2n) is 5.89. The van der Waals surface area contributed by atoms with Gasteiger partial charge in [0.05, 0.1) is 5.69 Å². The number of hydrogen-bond acceptors (Lipinski definition) is 4. The van der Waals surface area contributed by atoms with Crippen LogP contribution in [0.5, 0.6) is 0 Å². The number of urea groups is 1. The monoisotopic (exact) mass is 321 g/mol. The molecule has 4 amide bonds. The number of carbonyl (C=O) groups excluding carboxylic acids is 3. The van der Waals surface area contributed by atoms with Crippen molar-refractivity contribution in [2.75, 3.05) is 13.6 Å². The summed E-state index contributed by atoms with van der Waals surface area (Å²) in [6.45, 7) is 4.60. The molecule has 2 heterocycles. The van der Waals surface area contributed by atoms with Gasteiger partial charge >= 0.3 is 6.03 Å². The number of H-pyrrole nitrogens is 1. The molecule has 0 radical (unpaired) electrons. The van der Waals surface area contributed by atoms with Crippen molar-refractivity contribution in [3.05, 3.63) is 17.0 Å². The zero-order valence-corrected chi connectivity index (χ0v) is 13.7. The van der Waals surface area contributed by atoms with Gasteiger partial charge in [0.2, 0.25) is 5.91 Å². The maximum Gasteiger partial charge on any atom is 0.322 e. The van der Waals surface area contributed by atoms with Crippen LogP contribution in [-0.2, 0) is 16.0 Å². The molecular formula is C15H23N5O3. The van der Waals surface area contributed by atoms with E-state index in [1.165, 1.54) is 5.56 Å². The van der Waals surface area contributed by atoms with Crippen molar-refractivity contribution in [1.82, 2.24) is 25.7 Å². The van der Waals surface area contributed by atoms with E-state index in [-0.39, 0.29) is 18.2 Å². The maximum absolute atomic E-state index is 12.1. The molecule has 0 aliphatic carbocycles. The number of carbonyl (C=O) groups is 3. The maximum atomic E-state index is 12.1. The molecule has 0 unspecified atom stereocenters. The van der Waals surface area contributed by atoms with Crippen molar-refractivity contribution in [2.24, 2.45) is 0 Å². The van der Waals surface area contributed by atoms with Gasteiger partial charge in [0.1, 0.15) is 6.04 Å². The molecule has 8 nitrogen and oxygen atoms in total. The molecule has 0 bridgehead atoms. The van der Waals surface area contributed by atoms with Gasteiger partial charge in [-0.3, -0.25) is 20.0 Å². The number of aromatic nitrogens is 2. The molecule has 1 fully saturated rings. The normalized spacial score (nSPS) is 17.1. The zero-order chi connectivity index (χ0) is 17.0. The molecule has 8 heteroatoms. The Balaban J connectivity index is 1.71. The summed E-state index contributed by atoms with van der Waals surface area (Å²) in [5.74, 6) is -0.393. The van der Waals surface area contributed by atoms with Gasteiger partial charge in [-0.25, -0.2) is 4.79 Å². The lowest BCUT2D eigenvalue weighted by Crippen LogP contribution is -2.33. The molecule has 1 atom stereocenters. The van der Waals surface area contributed by atoms with Crippen molar-refractivity contribution in [2.45, 2.75) is 45.6 Å². The Morgan fingerprint density at radius 3 is 2.61 bits per heavy atom. The molecule has 0 saturated carbocycles. The number of amides is 4. The smallest absolute Gasteiger partial charge is 0.322 e. The summed E-state index contributed by atoms with van der Waals surface area (Å²) in [6.07, 6.45) is 2.27. The Bertz CT molecular complexity index is 591. The van der Waals surface area contributed by atoms with E-state index in [1.807, 2.05) is 13.8 Å². The number of aromatic amines is 1. The number of aryl methyl sites for hydroxylation is 2. The molecule has 1 aliphatic rings. The molecule has 1 saturated heterocycles. The van der Waals surface area contributed by atoms with Gasteiger partial charge in [-0.05, 0) is 38.7 Å². The van der Waals surface area contributed by atoms with Gasteiger partial charge in [-0.15, -0.1) is 0 Å². The average molecular weight is 321 g/mol. The Morgan fingerprint density at radius 1 is 1.30 bits per heavy atom. The quantitative estimate of drug-likeness (QED) is 0.632. The molecule has 1 aromatic heterocycles. The number of nitrogens with zero attached hydrogens (tertiary/aromatic N) is 2. The fourth-order valence-electron chi connectivity index (χ4n) is 2.68. The lowest BCUT2D eigenvalue weighted by Gasteiger charge is -2.18. The molecule has 2 rings (SSSR count). The zero-order valence-electron chi connectivity index (χ0n) is 13.7. The Hall–Kier alpha value is -2.38. The Kier molecular flexibility index (Phi) is 5.36. The van der Waals surface area contributed by atoms with Crippen LogP contribution >= 0.6 is 0 Å². The fourth-order valence-corrected chi connectivity index (χ4v) is 2.68. The molecule has 0 spiro atoms. The first kappa shape index (κ1) is 17.0. The van der Waals surface area contributed by atoms with Gasteiger partial charge < -0.3 is 10.2 Å². The second kappa shape index (κ2) is 7.26. The molecule has 1 aliphatic heterocycles. The van der Waals surface area contributed by atoms with E-state index < -0.39 is 12.1 Å². The van der Waals surface area contributed by atoms with Crippen LogP contribution in [0.25, 0.3) is 0 Å². The van der Waals surface area contributed by atoms with Gasteiger partial charge in [0.15, 0.2) is 0 Å². The van der Waals surface area contributed by atoms with Crippen LogP contribution in [0.2, 0.25) is 0 Å². The first-order valence-electron chi connectivity index (χ1n) is 7.74. The minimum Gasteiger partial charge on any atom is -0.346 e. The largest absolute Gasteiger partial charge is 0.346 e. The third-order valence-electron chi connectivity index (χ3n) is 4.13. The SMILES string of the molecule is Cc1n[nH]c(C)c1CCCN(C)C(=O)CC[C@@H]1NC(=O)NC1=O. The summed E-state index contributed by atoms with van der Waals surface area (Å²) < 4.78 is 0. The highest BCUT2D eigenvalue weighted by Gasteiger charge is 2.29. The minimum absolute atomic E-state index is 0.0282. The number of hydrogen-bond donors (Lipinski definition) is 3. The van der Waals surface area contributed by atoms with Crippen LogP contribution in [0.3, 0.4) is 0 Å². The third-order valence-corrected chi connectivity index (χ3v) is 4.13. The number of rotatable bonds is 7. The first-order valence-corrected chi connectivity index (χ1v) is 7.74. The average Bonchev–Trinajstić information content (AvgIpc) is 2.99. The molecular weight excluding hydrogens is 298 g/mol. The van der Waals surface area contributed by atoms with E-state index in [4.69, 9.17) is 0 Å². The Morgan fingerprint density at radius 2 is 2.04 bits per heavy atom. The predicted molar refractivity (Wildman–Crippen MR) is 83.7 cm³/mol. The van der Waals surface area contributed by atoms with Crippen LogP contribution in [0.1, 0.15) is 36.2 Å². The number of imide groups is 1. The molecule has 23 heavy (non-hydrogen) atoms. The van der Waals surface area contributed by atoms with E-state index in [0.29, 0.717) is 13.0 Å². The Labute approximate surface area is 135 Å². The molecule has 0 aromatic carbocycles. The fraction of sp³-hybridized carbons (Fsp3) is 0.600. The van der Waals surface area contributed by atoms with Crippen molar-refractivity contribution in [1.29, 1.82) is 0 Å². The number of nitrogens with one attached hydrogen (secondary N) is 3. The highest BCUT2D eigenvalue weighted by Crippen LogP contribution is 2.12. The lowest BCUT2D eigenvalue weighted by atomic mass is 10.1. The summed E-state index contributed by atoms with van der Waals surface area (Å²) in [4.78, 5) is 36.2. The van der Waals surface area contributed by atoms with Crippen molar-refractivity contribution in [3.8, 4) is 0 Å². The summed E-state index contributed by atoms with van der Waals surface area (Å²) in [5.41, 5.74) is 3.27. The molecule has 126 valence electrons. The van der Waals surface area contributed by atoms with E-state index >= 15 is 0 Å². The van der Waals surface area contributed by atoms with Gasteiger partial charge in [0.25, 0.3) is 5.91 Å². The van der Waals surface area contributed by atoms with Gasteiger partial charge in [-0.1, -0.05) is 0 Å². The van der Waals surface area contributed by atoms with E-state index in [0.717, 1.165) is 24.2 Å². The molecule has 3 N–H and O–H groups in total. The van der Waals surface area contributed by atoms with Crippen LogP contribution < -0.4 is 10.6 Å². The van der Waals surface area contributed by atoms with Gasteiger partial charge in [0, 0.05) is 25.7 Å². The van der Waals surface area contributed by atoms with Crippen LogP contribution in [0.4, 0.5) is 4.79 Å².